The summed E-state index contributed by atoms with van der Waals surface area (Å²) < 4.78 is 7.71. The number of rotatable bonds is 3. The van der Waals surface area contributed by atoms with E-state index < -0.39 is 6.10 Å². The monoisotopic (exact) mass is 316 g/mol. The van der Waals surface area contributed by atoms with Crippen LogP contribution in [0.2, 0.25) is 0 Å². The van der Waals surface area contributed by atoms with Gasteiger partial charge in [-0.3, -0.25) is 9.20 Å². The highest BCUT2D eigenvalue weighted by atomic mass is 16.5. The van der Waals surface area contributed by atoms with Crippen molar-refractivity contribution in [3.8, 4) is 0 Å². The Bertz CT molecular complexity index is 709. The second-order valence-corrected chi connectivity index (χ2v) is 6.28. The highest BCUT2D eigenvalue weighted by Crippen LogP contribution is 2.33. The molecule has 0 aliphatic carbocycles. The quantitative estimate of drug-likeness (QED) is 0.878. The third-order valence-corrected chi connectivity index (χ3v) is 4.93. The van der Waals surface area contributed by atoms with Crippen molar-refractivity contribution in [1.29, 1.82) is 0 Å². The molecule has 2 saturated heterocycles. The molecule has 8 heteroatoms. The molecule has 122 valence electrons. The number of hydrogen-bond acceptors (Lipinski definition) is 6. The number of aromatic nitrogens is 4. The maximum atomic E-state index is 11.2. The number of nitrogens with two attached hydrogens (primary N) is 1. The molecule has 2 atom stereocenters. The second-order valence-electron chi connectivity index (χ2n) is 6.28. The molecule has 0 saturated carbocycles. The van der Waals surface area contributed by atoms with Gasteiger partial charge < -0.3 is 15.4 Å². The zero-order valence-corrected chi connectivity index (χ0v) is 12.8. The highest BCUT2D eigenvalue weighted by Gasteiger charge is 2.36. The van der Waals surface area contributed by atoms with Gasteiger partial charge in [-0.25, -0.2) is 4.98 Å². The van der Waals surface area contributed by atoms with Crippen molar-refractivity contribution < 1.29 is 9.53 Å². The number of hydrogen-bond donors (Lipinski definition) is 1. The Balaban J connectivity index is 1.42. The Morgan fingerprint density at radius 1 is 1.26 bits per heavy atom. The number of anilines is 1. The summed E-state index contributed by atoms with van der Waals surface area (Å²) in [4.78, 5) is 18.0. The highest BCUT2D eigenvalue weighted by molar-refractivity contribution is 5.79. The van der Waals surface area contributed by atoms with Crippen molar-refractivity contribution in [3.05, 3.63) is 18.7 Å². The molecule has 0 aromatic carbocycles. The summed E-state index contributed by atoms with van der Waals surface area (Å²) in [6.07, 6.45) is 8.79. The van der Waals surface area contributed by atoms with Crippen LogP contribution >= 0.6 is 0 Å². The number of piperidine rings is 1. The first-order valence-corrected chi connectivity index (χ1v) is 8.06. The van der Waals surface area contributed by atoms with E-state index in [9.17, 15) is 4.79 Å². The number of amides is 1. The number of carbonyl (C=O) groups excluding carboxylic acids is 1. The van der Waals surface area contributed by atoms with Crippen molar-refractivity contribution in [2.75, 3.05) is 18.0 Å². The van der Waals surface area contributed by atoms with E-state index >= 15 is 0 Å². The van der Waals surface area contributed by atoms with Gasteiger partial charge in [0, 0.05) is 25.5 Å². The van der Waals surface area contributed by atoms with Crippen LogP contribution in [-0.2, 0) is 9.53 Å². The van der Waals surface area contributed by atoms with Crippen molar-refractivity contribution in [2.45, 2.75) is 37.9 Å². The van der Waals surface area contributed by atoms with E-state index in [2.05, 4.69) is 20.1 Å². The molecule has 0 radical (unpaired) electrons. The van der Waals surface area contributed by atoms with Gasteiger partial charge in [0.1, 0.15) is 12.4 Å². The van der Waals surface area contributed by atoms with Gasteiger partial charge in [-0.15, -0.1) is 10.2 Å². The van der Waals surface area contributed by atoms with Crippen molar-refractivity contribution in [1.82, 2.24) is 19.6 Å². The fourth-order valence-electron chi connectivity index (χ4n) is 3.67. The Labute approximate surface area is 133 Å². The van der Waals surface area contributed by atoms with Crippen LogP contribution in [-0.4, -0.2) is 50.8 Å². The van der Waals surface area contributed by atoms with Crippen LogP contribution in [0.25, 0.3) is 5.65 Å². The van der Waals surface area contributed by atoms with E-state index in [-0.39, 0.29) is 12.0 Å². The van der Waals surface area contributed by atoms with Gasteiger partial charge in [0.15, 0.2) is 5.82 Å². The molecule has 0 unspecified atom stereocenters. The summed E-state index contributed by atoms with van der Waals surface area (Å²) in [6, 6.07) is 0. The number of ether oxygens (including phenoxy) is 1. The maximum absolute atomic E-state index is 11.2. The average molecular weight is 316 g/mol. The third kappa shape index (κ3) is 2.63. The predicted molar refractivity (Wildman–Crippen MR) is 82.8 cm³/mol. The molecular formula is C15H20N6O2. The van der Waals surface area contributed by atoms with E-state index in [0.717, 1.165) is 50.2 Å². The summed E-state index contributed by atoms with van der Waals surface area (Å²) in [6.45, 7) is 1.82. The zero-order valence-electron chi connectivity index (χ0n) is 12.8. The lowest BCUT2D eigenvalue weighted by Crippen LogP contribution is -2.39. The summed E-state index contributed by atoms with van der Waals surface area (Å²) in [5.41, 5.74) is 6.12. The minimum absolute atomic E-state index is 0.159. The molecule has 4 heterocycles. The molecule has 0 spiro atoms. The Hall–Kier alpha value is -2.22. The van der Waals surface area contributed by atoms with E-state index in [4.69, 9.17) is 10.5 Å². The van der Waals surface area contributed by atoms with E-state index in [1.54, 1.807) is 12.5 Å². The van der Waals surface area contributed by atoms with Crippen molar-refractivity contribution in [3.63, 3.8) is 0 Å². The molecule has 8 nitrogen and oxygen atoms in total. The van der Waals surface area contributed by atoms with E-state index in [0.29, 0.717) is 5.92 Å². The summed E-state index contributed by atoms with van der Waals surface area (Å²) in [5.74, 6) is 1.02. The molecule has 2 aliphatic rings. The molecule has 2 aromatic rings. The molecule has 1 amide bonds. The maximum Gasteiger partial charge on any atom is 0.246 e. The lowest BCUT2D eigenvalue weighted by Gasteiger charge is -2.35. The fraction of sp³-hybridized carbons (Fsp3) is 0.600. The molecule has 2 aromatic heterocycles. The Morgan fingerprint density at radius 3 is 2.83 bits per heavy atom. The fourth-order valence-corrected chi connectivity index (χ4v) is 3.67. The van der Waals surface area contributed by atoms with Gasteiger partial charge in [0.2, 0.25) is 11.6 Å². The Morgan fingerprint density at radius 2 is 2.09 bits per heavy atom. The van der Waals surface area contributed by atoms with E-state index in [1.807, 2.05) is 10.6 Å². The standard InChI is InChI=1S/C15H20N6O2/c16-13(22)12-2-1-11(23-12)10-3-6-20(7-4-10)14-15-19-18-9-21(15)8-5-17-14/h5,8-12H,1-4,6-7H2,(H2,16,22)/t11-,12+/m0/s1. The van der Waals surface area contributed by atoms with Gasteiger partial charge in [0.25, 0.3) is 0 Å². The number of carbonyl (C=O) groups is 1. The van der Waals surface area contributed by atoms with Gasteiger partial charge in [-0.05, 0) is 31.6 Å². The SMILES string of the molecule is NC(=O)[C@H]1CC[C@@H](C2CCN(c3nccn4cnnc34)CC2)O1. The van der Waals surface area contributed by atoms with Crippen LogP contribution in [0, 0.1) is 5.92 Å². The molecule has 2 fully saturated rings. The Kier molecular flexibility index (Phi) is 3.60. The summed E-state index contributed by atoms with van der Waals surface area (Å²) >= 11 is 0. The molecule has 23 heavy (non-hydrogen) atoms. The minimum Gasteiger partial charge on any atom is -0.367 e. The average Bonchev–Trinajstić information content (AvgIpc) is 3.24. The van der Waals surface area contributed by atoms with Crippen molar-refractivity contribution in [2.24, 2.45) is 11.7 Å². The predicted octanol–water partition coefficient (Wildman–Crippen LogP) is 0.374. The number of nitrogens with zero attached hydrogens (tertiary/aromatic N) is 5. The van der Waals surface area contributed by atoms with Gasteiger partial charge >= 0.3 is 0 Å². The first-order valence-electron chi connectivity index (χ1n) is 8.06. The molecule has 2 aliphatic heterocycles. The number of primary amides is 1. The van der Waals surface area contributed by atoms with Gasteiger partial charge in [0.05, 0.1) is 6.10 Å². The zero-order chi connectivity index (χ0) is 15.8. The molecule has 4 rings (SSSR count). The minimum atomic E-state index is -0.399. The first-order chi connectivity index (χ1) is 11.2. The van der Waals surface area contributed by atoms with Crippen LogP contribution in [0.15, 0.2) is 18.7 Å². The smallest absolute Gasteiger partial charge is 0.246 e. The van der Waals surface area contributed by atoms with Crippen LogP contribution < -0.4 is 10.6 Å². The van der Waals surface area contributed by atoms with Crippen LogP contribution in [0.3, 0.4) is 0 Å². The third-order valence-electron chi connectivity index (χ3n) is 4.93. The largest absolute Gasteiger partial charge is 0.367 e. The first kappa shape index (κ1) is 14.4. The topological polar surface area (TPSA) is 98.6 Å². The summed E-state index contributed by atoms with van der Waals surface area (Å²) in [7, 11) is 0. The molecule has 0 bridgehead atoms. The second kappa shape index (κ2) is 5.77. The van der Waals surface area contributed by atoms with E-state index in [1.165, 1.54) is 0 Å². The molecule has 2 N–H and O–H groups in total. The molecular weight excluding hydrogens is 296 g/mol. The lowest BCUT2D eigenvalue weighted by atomic mass is 9.90. The van der Waals surface area contributed by atoms with Crippen molar-refractivity contribution >= 4 is 17.4 Å². The van der Waals surface area contributed by atoms with Crippen LogP contribution in [0.1, 0.15) is 25.7 Å². The number of fused-ring (bicyclic) bond motifs is 1. The van der Waals surface area contributed by atoms with Crippen LogP contribution in [0.4, 0.5) is 5.82 Å². The van der Waals surface area contributed by atoms with Gasteiger partial charge in [-0.2, -0.15) is 0 Å². The van der Waals surface area contributed by atoms with Crippen LogP contribution in [0.5, 0.6) is 0 Å². The summed E-state index contributed by atoms with van der Waals surface area (Å²) in [5, 5.41) is 8.09. The normalized spacial score (nSPS) is 26.0. The lowest BCUT2D eigenvalue weighted by molar-refractivity contribution is -0.130. The van der Waals surface area contributed by atoms with Gasteiger partial charge in [-0.1, -0.05) is 0 Å².